The SMILES string of the molecule is C/C=C/CCNC(=NCc1coc(-c2ccccc2)n1)NCC.I. The first-order valence-corrected chi connectivity index (χ1v) is 7.96. The topological polar surface area (TPSA) is 62.5 Å². The molecule has 0 aliphatic heterocycles. The van der Waals surface area contributed by atoms with Crippen LogP contribution in [0.25, 0.3) is 11.5 Å². The van der Waals surface area contributed by atoms with Gasteiger partial charge in [0.15, 0.2) is 5.96 Å². The Morgan fingerprint density at radius 1 is 1.25 bits per heavy atom. The van der Waals surface area contributed by atoms with Gasteiger partial charge in [-0.1, -0.05) is 30.4 Å². The van der Waals surface area contributed by atoms with E-state index < -0.39 is 0 Å². The van der Waals surface area contributed by atoms with Crippen LogP contribution in [0, 0.1) is 0 Å². The third kappa shape index (κ3) is 6.74. The van der Waals surface area contributed by atoms with Gasteiger partial charge in [-0.15, -0.1) is 24.0 Å². The van der Waals surface area contributed by atoms with Gasteiger partial charge in [0.05, 0.1) is 6.54 Å². The lowest BCUT2D eigenvalue weighted by atomic mass is 10.2. The van der Waals surface area contributed by atoms with Crippen molar-refractivity contribution in [2.45, 2.75) is 26.8 Å². The lowest BCUT2D eigenvalue weighted by Gasteiger charge is -2.09. The van der Waals surface area contributed by atoms with E-state index in [0.29, 0.717) is 12.4 Å². The van der Waals surface area contributed by atoms with Gasteiger partial charge in [0.25, 0.3) is 0 Å². The second kappa shape index (κ2) is 11.7. The van der Waals surface area contributed by atoms with Gasteiger partial charge in [0.1, 0.15) is 12.0 Å². The molecule has 1 heterocycles. The molecular weight excluding hydrogens is 415 g/mol. The second-order valence-electron chi connectivity index (χ2n) is 4.99. The van der Waals surface area contributed by atoms with Crippen molar-refractivity contribution in [1.82, 2.24) is 15.6 Å². The average Bonchev–Trinajstić information content (AvgIpc) is 3.06. The van der Waals surface area contributed by atoms with Crippen molar-refractivity contribution in [2.75, 3.05) is 13.1 Å². The molecule has 0 bridgehead atoms. The van der Waals surface area contributed by atoms with Crippen LogP contribution >= 0.6 is 24.0 Å². The summed E-state index contributed by atoms with van der Waals surface area (Å²) < 4.78 is 5.53. The first kappa shape index (κ1) is 20.2. The molecule has 0 atom stereocenters. The standard InChI is InChI=1S/C18H24N4O.HI/c1-3-5-9-12-20-18(19-4-2)21-13-16-14-23-17(22-16)15-10-7-6-8-11-15;/h3,5-8,10-11,14H,4,9,12-13H2,1-2H3,(H2,19,20,21);1H/b5-3+;. The Morgan fingerprint density at radius 3 is 2.75 bits per heavy atom. The Balaban J connectivity index is 0.00000288. The maximum atomic E-state index is 5.53. The Bertz CT molecular complexity index is 637. The zero-order chi connectivity index (χ0) is 16.3. The van der Waals surface area contributed by atoms with E-state index in [9.17, 15) is 0 Å². The Morgan fingerprint density at radius 2 is 2.04 bits per heavy atom. The number of nitrogens with zero attached hydrogens (tertiary/aromatic N) is 2. The predicted octanol–water partition coefficient (Wildman–Crippen LogP) is 3.98. The van der Waals surface area contributed by atoms with Crippen LogP contribution in [0.3, 0.4) is 0 Å². The van der Waals surface area contributed by atoms with Crippen molar-refractivity contribution in [3.63, 3.8) is 0 Å². The maximum Gasteiger partial charge on any atom is 0.226 e. The van der Waals surface area contributed by atoms with Gasteiger partial charge in [-0.05, 0) is 32.4 Å². The molecule has 0 fully saturated rings. The summed E-state index contributed by atoms with van der Waals surface area (Å²) in [5, 5.41) is 6.52. The molecule has 0 saturated heterocycles. The number of hydrogen-bond acceptors (Lipinski definition) is 3. The average molecular weight is 440 g/mol. The summed E-state index contributed by atoms with van der Waals surface area (Å²) in [5.74, 6) is 1.42. The molecule has 24 heavy (non-hydrogen) atoms. The molecule has 0 saturated carbocycles. The zero-order valence-corrected chi connectivity index (χ0v) is 16.5. The van der Waals surface area contributed by atoms with E-state index in [-0.39, 0.29) is 24.0 Å². The van der Waals surface area contributed by atoms with Crippen LogP contribution in [-0.4, -0.2) is 24.0 Å². The van der Waals surface area contributed by atoms with Crippen LogP contribution in [0.5, 0.6) is 0 Å². The third-order valence-corrected chi connectivity index (χ3v) is 3.16. The van der Waals surface area contributed by atoms with E-state index >= 15 is 0 Å². The van der Waals surface area contributed by atoms with Crippen molar-refractivity contribution in [1.29, 1.82) is 0 Å². The Hall–Kier alpha value is -1.83. The molecular formula is C18H25IN4O. The van der Waals surface area contributed by atoms with E-state index in [2.05, 4.69) is 26.7 Å². The fraction of sp³-hybridized carbons (Fsp3) is 0.333. The van der Waals surface area contributed by atoms with Crippen LogP contribution in [0.4, 0.5) is 0 Å². The molecule has 2 N–H and O–H groups in total. The van der Waals surface area contributed by atoms with Gasteiger partial charge < -0.3 is 15.1 Å². The molecule has 2 aromatic rings. The maximum absolute atomic E-state index is 5.53. The number of benzene rings is 1. The monoisotopic (exact) mass is 440 g/mol. The quantitative estimate of drug-likeness (QED) is 0.225. The van der Waals surface area contributed by atoms with Crippen molar-refractivity contribution >= 4 is 29.9 Å². The van der Waals surface area contributed by atoms with E-state index in [1.165, 1.54) is 0 Å². The van der Waals surface area contributed by atoms with Gasteiger partial charge in [-0.2, -0.15) is 0 Å². The first-order valence-electron chi connectivity index (χ1n) is 7.96. The van der Waals surface area contributed by atoms with E-state index in [1.807, 2.05) is 50.3 Å². The normalized spacial score (nSPS) is 11.3. The number of aromatic nitrogens is 1. The van der Waals surface area contributed by atoms with Gasteiger partial charge in [0.2, 0.25) is 5.89 Å². The van der Waals surface area contributed by atoms with E-state index in [1.54, 1.807) is 6.26 Å². The fourth-order valence-corrected chi connectivity index (χ4v) is 2.04. The number of aliphatic imine (C=N–C) groups is 1. The number of hydrogen-bond donors (Lipinski definition) is 2. The minimum Gasteiger partial charge on any atom is -0.444 e. The summed E-state index contributed by atoms with van der Waals surface area (Å²) in [6.07, 6.45) is 6.81. The summed E-state index contributed by atoms with van der Waals surface area (Å²) >= 11 is 0. The van der Waals surface area contributed by atoms with E-state index in [4.69, 9.17) is 4.42 Å². The van der Waals surface area contributed by atoms with Crippen LogP contribution < -0.4 is 10.6 Å². The molecule has 6 heteroatoms. The summed E-state index contributed by atoms with van der Waals surface area (Å²) in [5.41, 5.74) is 1.79. The highest BCUT2D eigenvalue weighted by Gasteiger charge is 2.06. The molecule has 0 amide bonds. The molecule has 5 nitrogen and oxygen atoms in total. The Kier molecular flexibility index (Phi) is 9.83. The van der Waals surface area contributed by atoms with Crippen molar-refractivity contribution < 1.29 is 4.42 Å². The molecule has 0 radical (unpaired) electrons. The first-order chi connectivity index (χ1) is 11.3. The molecule has 0 aliphatic carbocycles. The van der Waals surface area contributed by atoms with Crippen LogP contribution in [0.15, 0.2) is 58.2 Å². The second-order valence-corrected chi connectivity index (χ2v) is 4.99. The van der Waals surface area contributed by atoms with Crippen LogP contribution in [0.1, 0.15) is 26.0 Å². The van der Waals surface area contributed by atoms with Gasteiger partial charge in [-0.3, -0.25) is 0 Å². The summed E-state index contributed by atoms with van der Waals surface area (Å²) in [6.45, 7) is 6.23. The van der Waals surface area contributed by atoms with E-state index in [0.717, 1.165) is 36.7 Å². The largest absolute Gasteiger partial charge is 0.444 e. The number of halogens is 1. The van der Waals surface area contributed by atoms with Crippen molar-refractivity contribution in [3.8, 4) is 11.5 Å². The predicted molar refractivity (Wildman–Crippen MR) is 110 cm³/mol. The molecule has 0 unspecified atom stereocenters. The summed E-state index contributed by atoms with van der Waals surface area (Å²) in [4.78, 5) is 9.02. The van der Waals surface area contributed by atoms with Crippen molar-refractivity contribution in [3.05, 3.63) is 54.4 Å². The highest BCUT2D eigenvalue weighted by atomic mass is 127. The number of guanidine groups is 1. The lowest BCUT2D eigenvalue weighted by Crippen LogP contribution is -2.37. The lowest BCUT2D eigenvalue weighted by molar-refractivity contribution is 0.572. The summed E-state index contributed by atoms with van der Waals surface area (Å²) in [6, 6.07) is 9.86. The Labute approximate surface area is 160 Å². The van der Waals surface area contributed by atoms with Crippen LogP contribution in [-0.2, 0) is 6.54 Å². The highest BCUT2D eigenvalue weighted by Crippen LogP contribution is 2.18. The molecule has 2 rings (SSSR count). The number of allylic oxidation sites excluding steroid dienone is 1. The number of oxazole rings is 1. The molecule has 0 aliphatic rings. The smallest absolute Gasteiger partial charge is 0.226 e. The van der Waals surface area contributed by atoms with Gasteiger partial charge in [-0.25, -0.2) is 9.98 Å². The molecule has 1 aromatic heterocycles. The highest BCUT2D eigenvalue weighted by molar-refractivity contribution is 14.0. The minimum atomic E-state index is 0. The van der Waals surface area contributed by atoms with Gasteiger partial charge in [0, 0.05) is 18.7 Å². The number of rotatable bonds is 7. The molecule has 0 spiro atoms. The third-order valence-electron chi connectivity index (χ3n) is 3.16. The minimum absolute atomic E-state index is 0. The zero-order valence-electron chi connectivity index (χ0n) is 14.2. The van der Waals surface area contributed by atoms with Crippen molar-refractivity contribution in [2.24, 2.45) is 4.99 Å². The summed E-state index contributed by atoms with van der Waals surface area (Å²) in [7, 11) is 0. The molecule has 130 valence electrons. The fourth-order valence-electron chi connectivity index (χ4n) is 2.04. The van der Waals surface area contributed by atoms with Crippen LogP contribution in [0.2, 0.25) is 0 Å². The van der Waals surface area contributed by atoms with Gasteiger partial charge >= 0.3 is 0 Å². The number of nitrogens with one attached hydrogen (secondary N) is 2. The molecule has 1 aromatic carbocycles.